The smallest absolute Gasteiger partial charge is 0.0404 e. The Morgan fingerprint density at radius 1 is 1.08 bits per heavy atom. The molecule has 64 valence electrons. The minimum atomic E-state index is 0.620. The summed E-state index contributed by atoms with van der Waals surface area (Å²) in [6.07, 6.45) is 6.30. The van der Waals surface area contributed by atoms with Gasteiger partial charge < -0.3 is 0 Å². The standard InChI is InChI=1S/C11H13Cl/c12-10-6-2-5-9-11-7-3-1-4-8-11/h1-4,6-8H,5,9-10H2/b6-2-. The number of hydrogen-bond acceptors (Lipinski definition) is 0. The summed E-state index contributed by atoms with van der Waals surface area (Å²) in [5.74, 6) is 0.620. The van der Waals surface area contributed by atoms with E-state index in [0.717, 1.165) is 12.8 Å². The van der Waals surface area contributed by atoms with Crippen LogP contribution < -0.4 is 0 Å². The number of alkyl halides is 1. The fourth-order valence-electron chi connectivity index (χ4n) is 1.08. The number of benzene rings is 1. The van der Waals surface area contributed by atoms with E-state index in [9.17, 15) is 0 Å². The van der Waals surface area contributed by atoms with Gasteiger partial charge >= 0.3 is 0 Å². The van der Waals surface area contributed by atoms with E-state index in [1.54, 1.807) is 0 Å². The highest BCUT2D eigenvalue weighted by atomic mass is 35.5. The van der Waals surface area contributed by atoms with Crippen LogP contribution in [-0.2, 0) is 6.42 Å². The Balaban J connectivity index is 2.29. The molecule has 0 radical (unpaired) electrons. The van der Waals surface area contributed by atoms with Gasteiger partial charge in [-0.3, -0.25) is 0 Å². The molecule has 0 heterocycles. The minimum Gasteiger partial charge on any atom is -0.122 e. The second-order valence-electron chi connectivity index (χ2n) is 2.65. The molecule has 0 saturated carbocycles. The van der Waals surface area contributed by atoms with Gasteiger partial charge in [-0.25, -0.2) is 0 Å². The van der Waals surface area contributed by atoms with Crippen molar-refractivity contribution in [1.29, 1.82) is 0 Å². The van der Waals surface area contributed by atoms with E-state index in [1.807, 2.05) is 12.1 Å². The van der Waals surface area contributed by atoms with Crippen molar-refractivity contribution in [2.75, 3.05) is 5.88 Å². The Bertz CT molecular complexity index is 226. The lowest BCUT2D eigenvalue weighted by molar-refractivity contribution is 1.000. The molecule has 0 fully saturated rings. The highest BCUT2D eigenvalue weighted by Crippen LogP contribution is 2.02. The molecule has 1 heteroatoms. The van der Waals surface area contributed by atoms with Gasteiger partial charge in [0.15, 0.2) is 0 Å². The lowest BCUT2D eigenvalue weighted by Crippen LogP contribution is -1.81. The molecule has 0 aromatic heterocycles. The molecule has 0 aliphatic heterocycles. The first-order chi connectivity index (χ1) is 5.93. The third-order valence-electron chi connectivity index (χ3n) is 1.70. The van der Waals surface area contributed by atoms with E-state index in [-0.39, 0.29) is 0 Å². The zero-order valence-corrected chi connectivity index (χ0v) is 7.80. The van der Waals surface area contributed by atoms with Gasteiger partial charge in [0.2, 0.25) is 0 Å². The first kappa shape index (κ1) is 9.34. The summed E-state index contributed by atoms with van der Waals surface area (Å²) in [6, 6.07) is 10.5. The Labute approximate surface area is 78.9 Å². The maximum Gasteiger partial charge on any atom is 0.0404 e. The predicted molar refractivity (Wildman–Crippen MR) is 54.6 cm³/mol. The average molecular weight is 181 g/mol. The Morgan fingerprint density at radius 3 is 2.50 bits per heavy atom. The van der Waals surface area contributed by atoms with E-state index < -0.39 is 0 Å². The fourth-order valence-corrected chi connectivity index (χ4v) is 1.20. The summed E-state index contributed by atoms with van der Waals surface area (Å²) in [7, 11) is 0. The van der Waals surface area contributed by atoms with Crippen molar-refractivity contribution in [1.82, 2.24) is 0 Å². The number of allylic oxidation sites excluding steroid dienone is 2. The quantitative estimate of drug-likeness (QED) is 0.492. The lowest BCUT2D eigenvalue weighted by atomic mass is 10.1. The van der Waals surface area contributed by atoms with Crippen LogP contribution >= 0.6 is 11.6 Å². The van der Waals surface area contributed by atoms with Crippen LogP contribution in [0.15, 0.2) is 42.5 Å². The SMILES string of the molecule is ClC/C=C\CCc1ccccc1. The van der Waals surface area contributed by atoms with Crippen molar-refractivity contribution in [3.8, 4) is 0 Å². The van der Waals surface area contributed by atoms with E-state index in [1.165, 1.54) is 5.56 Å². The summed E-state index contributed by atoms with van der Waals surface area (Å²) in [6.45, 7) is 0. The van der Waals surface area contributed by atoms with Gasteiger partial charge in [0.1, 0.15) is 0 Å². The van der Waals surface area contributed by atoms with Crippen molar-refractivity contribution in [2.24, 2.45) is 0 Å². The highest BCUT2D eigenvalue weighted by Gasteiger charge is 1.86. The van der Waals surface area contributed by atoms with Crippen molar-refractivity contribution < 1.29 is 0 Å². The van der Waals surface area contributed by atoms with Gasteiger partial charge in [-0.1, -0.05) is 42.5 Å². The summed E-state index contributed by atoms with van der Waals surface area (Å²) in [4.78, 5) is 0. The summed E-state index contributed by atoms with van der Waals surface area (Å²) in [5.41, 5.74) is 1.39. The van der Waals surface area contributed by atoms with Crippen LogP contribution in [0.25, 0.3) is 0 Å². The van der Waals surface area contributed by atoms with E-state index in [2.05, 4.69) is 30.3 Å². The maximum absolute atomic E-state index is 5.50. The molecule has 12 heavy (non-hydrogen) atoms. The molecule has 0 amide bonds. The van der Waals surface area contributed by atoms with Crippen molar-refractivity contribution in [3.05, 3.63) is 48.0 Å². The Kier molecular flexibility index (Phi) is 4.55. The first-order valence-electron chi connectivity index (χ1n) is 4.18. The van der Waals surface area contributed by atoms with E-state index >= 15 is 0 Å². The molecule has 0 unspecified atom stereocenters. The van der Waals surface area contributed by atoms with Crippen LogP contribution in [0.5, 0.6) is 0 Å². The molecule has 0 spiro atoms. The average Bonchev–Trinajstić information content (AvgIpc) is 2.14. The van der Waals surface area contributed by atoms with Gasteiger partial charge in [-0.2, -0.15) is 0 Å². The number of halogens is 1. The first-order valence-corrected chi connectivity index (χ1v) is 4.72. The number of hydrogen-bond donors (Lipinski definition) is 0. The Hall–Kier alpha value is -0.750. The third-order valence-corrected chi connectivity index (χ3v) is 1.88. The summed E-state index contributed by atoms with van der Waals surface area (Å²) >= 11 is 5.50. The zero-order valence-electron chi connectivity index (χ0n) is 7.04. The van der Waals surface area contributed by atoms with Gasteiger partial charge in [-0.15, -0.1) is 11.6 Å². The van der Waals surface area contributed by atoms with Crippen LogP contribution in [0.4, 0.5) is 0 Å². The van der Waals surface area contributed by atoms with Crippen molar-refractivity contribution >= 4 is 11.6 Å². The second-order valence-corrected chi connectivity index (χ2v) is 2.96. The second kappa shape index (κ2) is 5.84. The van der Waals surface area contributed by atoms with Gasteiger partial charge in [-0.05, 0) is 18.4 Å². The van der Waals surface area contributed by atoms with Crippen LogP contribution in [0, 0.1) is 0 Å². The highest BCUT2D eigenvalue weighted by molar-refractivity contribution is 6.18. The van der Waals surface area contributed by atoms with E-state index in [0.29, 0.717) is 5.88 Å². The molecule has 1 rings (SSSR count). The lowest BCUT2D eigenvalue weighted by Gasteiger charge is -1.95. The van der Waals surface area contributed by atoms with Gasteiger partial charge in [0.25, 0.3) is 0 Å². The predicted octanol–water partition coefficient (Wildman–Crippen LogP) is 3.41. The van der Waals surface area contributed by atoms with Gasteiger partial charge in [0.05, 0.1) is 0 Å². The Morgan fingerprint density at radius 2 is 1.83 bits per heavy atom. The third kappa shape index (κ3) is 3.59. The number of aryl methyl sites for hydroxylation is 1. The maximum atomic E-state index is 5.50. The molecular weight excluding hydrogens is 168 g/mol. The molecule has 0 atom stereocenters. The molecule has 0 saturated heterocycles. The molecule has 0 N–H and O–H groups in total. The normalized spacial score (nSPS) is 10.8. The van der Waals surface area contributed by atoms with Crippen LogP contribution in [0.1, 0.15) is 12.0 Å². The molecule has 1 aromatic rings. The fraction of sp³-hybridized carbons (Fsp3) is 0.273. The summed E-state index contributed by atoms with van der Waals surface area (Å²) in [5, 5.41) is 0. The zero-order chi connectivity index (χ0) is 8.65. The minimum absolute atomic E-state index is 0.620. The van der Waals surface area contributed by atoms with Crippen molar-refractivity contribution in [3.63, 3.8) is 0 Å². The summed E-state index contributed by atoms with van der Waals surface area (Å²) < 4.78 is 0. The molecule has 1 aromatic carbocycles. The van der Waals surface area contributed by atoms with Crippen molar-refractivity contribution in [2.45, 2.75) is 12.8 Å². The molecule has 0 nitrogen and oxygen atoms in total. The molecule has 0 aliphatic rings. The molecule has 0 aliphatic carbocycles. The van der Waals surface area contributed by atoms with Gasteiger partial charge in [0, 0.05) is 5.88 Å². The molecule has 0 bridgehead atoms. The molecular formula is C11H13Cl. The van der Waals surface area contributed by atoms with Crippen LogP contribution in [0.3, 0.4) is 0 Å². The van der Waals surface area contributed by atoms with Crippen LogP contribution in [0.2, 0.25) is 0 Å². The van der Waals surface area contributed by atoms with Crippen LogP contribution in [-0.4, -0.2) is 5.88 Å². The number of rotatable bonds is 4. The largest absolute Gasteiger partial charge is 0.122 e. The van der Waals surface area contributed by atoms with E-state index in [4.69, 9.17) is 11.6 Å². The topological polar surface area (TPSA) is 0 Å². The monoisotopic (exact) mass is 180 g/mol.